The molecule has 0 saturated carbocycles. The largest absolute Gasteiger partial charge is 0.302 e. The number of rotatable bonds is 4. The summed E-state index contributed by atoms with van der Waals surface area (Å²) in [5, 5.41) is 0. The van der Waals surface area contributed by atoms with Gasteiger partial charge in [0.25, 0.3) is 5.91 Å². The van der Waals surface area contributed by atoms with Gasteiger partial charge in [-0.05, 0) is 31.9 Å². The van der Waals surface area contributed by atoms with Gasteiger partial charge in [-0.3, -0.25) is 4.79 Å². The molecule has 0 fully saturated rings. The van der Waals surface area contributed by atoms with Gasteiger partial charge in [-0.2, -0.15) is 0 Å². The number of aldehydes is 1. The predicted octanol–water partition coefficient (Wildman–Crippen LogP) is 2.89. The van der Waals surface area contributed by atoms with E-state index in [9.17, 15) is 9.59 Å². The molecule has 1 aliphatic carbocycles. The van der Waals surface area contributed by atoms with Crippen LogP contribution in [0.4, 0.5) is 5.69 Å². The van der Waals surface area contributed by atoms with Crippen molar-refractivity contribution in [3.63, 3.8) is 0 Å². The van der Waals surface area contributed by atoms with Crippen LogP contribution in [-0.2, 0) is 9.59 Å². The number of para-hydroxylation sites is 1. The maximum atomic E-state index is 12.5. The minimum atomic E-state index is -0.0780. The van der Waals surface area contributed by atoms with Crippen molar-refractivity contribution in [1.29, 1.82) is 0 Å². The van der Waals surface area contributed by atoms with Crippen LogP contribution in [0.3, 0.4) is 0 Å². The standard InChI is InChI=1S/C16H17NO2/c1-13-6-5-7-14(12-13)16(19)17(10-11-18)15-8-3-2-4-9-15/h2-4,6,8-9,11-12H,5,7,10H2,1H3. The summed E-state index contributed by atoms with van der Waals surface area (Å²) >= 11 is 0. The van der Waals surface area contributed by atoms with Crippen molar-refractivity contribution in [2.24, 2.45) is 0 Å². The van der Waals surface area contributed by atoms with Crippen LogP contribution in [0.1, 0.15) is 19.8 Å². The van der Waals surface area contributed by atoms with Crippen molar-refractivity contribution in [2.75, 3.05) is 11.4 Å². The minimum Gasteiger partial charge on any atom is -0.302 e. The third-order valence-electron chi connectivity index (χ3n) is 3.13. The molecule has 3 nitrogen and oxygen atoms in total. The van der Waals surface area contributed by atoms with Gasteiger partial charge in [0.1, 0.15) is 6.29 Å². The monoisotopic (exact) mass is 255 g/mol. The summed E-state index contributed by atoms with van der Waals surface area (Å²) in [5.41, 5.74) is 2.63. The Morgan fingerprint density at radius 1 is 1.32 bits per heavy atom. The normalized spacial score (nSPS) is 14.4. The second-order valence-electron chi connectivity index (χ2n) is 4.57. The van der Waals surface area contributed by atoms with E-state index in [0.29, 0.717) is 0 Å². The van der Waals surface area contributed by atoms with Crippen molar-refractivity contribution in [1.82, 2.24) is 0 Å². The summed E-state index contributed by atoms with van der Waals surface area (Å²) in [5.74, 6) is -0.0780. The van der Waals surface area contributed by atoms with Gasteiger partial charge in [0.2, 0.25) is 0 Å². The van der Waals surface area contributed by atoms with E-state index in [0.717, 1.165) is 36.0 Å². The molecule has 1 aliphatic rings. The van der Waals surface area contributed by atoms with Crippen molar-refractivity contribution in [2.45, 2.75) is 19.8 Å². The van der Waals surface area contributed by atoms with Crippen LogP contribution in [-0.4, -0.2) is 18.7 Å². The van der Waals surface area contributed by atoms with Gasteiger partial charge in [-0.15, -0.1) is 0 Å². The van der Waals surface area contributed by atoms with Gasteiger partial charge >= 0.3 is 0 Å². The highest BCUT2D eigenvalue weighted by Gasteiger charge is 2.20. The first-order valence-corrected chi connectivity index (χ1v) is 6.40. The SMILES string of the molecule is CC1=CCCC(C(=O)N(CC=O)c2ccccc2)=C1. The molecule has 0 spiro atoms. The van der Waals surface area contributed by atoms with Crippen LogP contribution in [0, 0.1) is 0 Å². The molecule has 0 radical (unpaired) electrons. The third-order valence-corrected chi connectivity index (χ3v) is 3.13. The molecule has 0 aromatic heterocycles. The molecule has 2 rings (SSSR count). The van der Waals surface area contributed by atoms with Crippen molar-refractivity contribution >= 4 is 17.9 Å². The number of hydrogen-bond donors (Lipinski definition) is 0. The molecule has 1 amide bonds. The fraction of sp³-hybridized carbons (Fsp3) is 0.250. The van der Waals surface area contributed by atoms with Gasteiger partial charge in [-0.25, -0.2) is 0 Å². The Bertz CT molecular complexity index is 529. The highest BCUT2D eigenvalue weighted by molar-refractivity contribution is 6.07. The zero-order valence-corrected chi connectivity index (χ0v) is 11.0. The number of carbonyl (C=O) groups is 2. The number of hydrogen-bond acceptors (Lipinski definition) is 2. The fourth-order valence-corrected chi connectivity index (χ4v) is 2.19. The maximum absolute atomic E-state index is 12.5. The van der Waals surface area contributed by atoms with Crippen LogP contribution in [0.15, 0.2) is 53.6 Å². The van der Waals surface area contributed by atoms with Crippen LogP contribution in [0.5, 0.6) is 0 Å². The summed E-state index contributed by atoms with van der Waals surface area (Å²) in [6, 6.07) is 9.29. The topological polar surface area (TPSA) is 37.4 Å². The third kappa shape index (κ3) is 3.19. The summed E-state index contributed by atoms with van der Waals surface area (Å²) in [7, 11) is 0. The van der Waals surface area contributed by atoms with E-state index in [1.807, 2.05) is 43.3 Å². The zero-order chi connectivity index (χ0) is 13.7. The second kappa shape index (κ2) is 6.14. The van der Waals surface area contributed by atoms with Crippen LogP contribution < -0.4 is 4.90 Å². The van der Waals surface area contributed by atoms with Crippen LogP contribution in [0.2, 0.25) is 0 Å². The molecule has 0 saturated heterocycles. The molecule has 0 heterocycles. The van der Waals surface area contributed by atoms with E-state index in [1.165, 1.54) is 4.90 Å². The average Bonchev–Trinajstić information content (AvgIpc) is 2.45. The summed E-state index contributed by atoms with van der Waals surface area (Å²) in [6.07, 6.45) is 6.40. The number of benzene rings is 1. The van der Waals surface area contributed by atoms with Gasteiger partial charge in [0.05, 0.1) is 6.54 Å². The number of amides is 1. The number of allylic oxidation sites excluding steroid dienone is 3. The first-order valence-electron chi connectivity index (χ1n) is 6.40. The molecule has 1 aromatic carbocycles. The first-order chi connectivity index (χ1) is 9.22. The van der Waals surface area contributed by atoms with E-state index in [1.54, 1.807) is 0 Å². The Morgan fingerprint density at radius 3 is 2.68 bits per heavy atom. The predicted molar refractivity (Wildman–Crippen MR) is 75.9 cm³/mol. The zero-order valence-electron chi connectivity index (χ0n) is 11.0. The van der Waals surface area contributed by atoms with Crippen LogP contribution >= 0.6 is 0 Å². The fourth-order valence-electron chi connectivity index (χ4n) is 2.19. The number of nitrogens with zero attached hydrogens (tertiary/aromatic N) is 1. The summed E-state index contributed by atoms with van der Waals surface area (Å²) < 4.78 is 0. The van der Waals surface area contributed by atoms with Crippen molar-refractivity contribution in [3.8, 4) is 0 Å². The molecular formula is C16H17NO2. The lowest BCUT2D eigenvalue weighted by Gasteiger charge is -2.23. The smallest absolute Gasteiger partial charge is 0.254 e. The molecular weight excluding hydrogens is 238 g/mol. The quantitative estimate of drug-likeness (QED) is 0.776. The summed E-state index contributed by atoms with van der Waals surface area (Å²) in [4.78, 5) is 24.8. The second-order valence-corrected chi connectivity index (χ2v) is 4.57. The Hall–Kier alpha value is -2.16. The molecule has 0 aliphatic heterocycles. The highest BCUT2D eigenvalue weighted by Crippen LogP contribution is 2.22. The molecule has 98 valence electrons. The Kier molecular flexibility index (Phi) is 4.29. The van der Waals surface area contributed by atoms with E-state index in [4.69, 9.17) is 0 Å². The van der Waals surface area contributed by atoms with E-state index >= 15 is 0 Å². The molecule has 0 bridgehead atoms. The Balaban J connectivity index is 2.27. The molecule has 3 heteroatoms. The van der Waals surface area contributed by atoms with Gasteiger partial charge in [0.15, 0.2) is 0 Å². The average molecular weight is 255 g/mol. The Morgan fingerprint density at radius 2 is 2.05 bits per heavy atom. The van der Waals surface area contributed by atoms with E-state index < -0.39 is 0 Å². The van der Waals surface area contributed by atoms with Gasteiger partial charge in [0, 0.05) is 11.3 Å². The molecule has 0 unspecified atom stereocenters. The van der Waals surface area contributed by atoms with Gasteiger partial charge in [-0.1, -0.05) is 35.9 Å². The van der Waals surface area contributed by atoms with Crippen molar-refractivity contribution < 1.29 is 9.59 Å². The van der Waals surface area contributed by atoms with E-state index in [2.05, 4.69) is 6.08 Å². The lowest BCUT2D eigenvalue weighted by molar-refractivity contribution is -0.116. The number of anilines is 1. The molecule has 1 aromatic rings. The van der Waals surface area contributed by atoms with E-state index in [-0.39, 0.29) is 12.5 Å². The maximum Gasteiger partial charge on any atom is 0.254 e. The molecule has 0 atom stereocenters. The van der Waals surface area contributed by atoms with Crippen molar-refractivity contribution in [3.05, 3.63) is 53.6 Å². The molecule has 0 N–H and O–H groups in total. The molecule has 19 heavy (non-hydrogen) atoms. The lowest BCUT2D eigenvalue weighted by atomic mass is 9.99. The number of carbonyl (C=O) groups excluding carboxylic acids is 2. The minimum absolute atomic E-state index is 0.0780. The van der Waals surface area contributed by atoms with Crippen LogP contribution in [0.25, 0.3) is 0 Å². The van der Waals surface area contributed by atoms with Gasteiger partial charge < -0.3 is 9.69 Å². The first kappa shape index (κ1) is 13.3. The lowest BCUT2D eigenvalue weighted by Crippen LogP contribution is -2.34. The summed E-state index contributed by atoms with van der Waals surface area (Å²) in [6.45, 7) is 2.07. The highest BCUT2D eigenvalue weighted by atomic mass is 16.2. The Labute approximate surface area is 113 Å².